The monoisotopic (exact) mass is 238 g/mol. The molecular formula is C14H26N2O. The molecule has 1 aliphatic carbocycles. The number of nitrogens with one attached hydrogen (secondary N) is 1. The van der Waals surface area contributed by atoms with Crippen molar-refractivity contribution in [2.45, 2.75) is 70.9 Å². The second-order valence-electron chi connectivity index (χ2n) is 5.97. The Balaban J connectivity index is 1.85. The molecule has 2 aliphatic rings. The van der Waals surface area contributed by atoms with E-state index in [0.29, 0.717) is 18.0 Å². The number of hydrogen-bond donors (Lipinski definition) is 1. The zero-order chi connectivity index (χ0) is 12.3. The first-order valence-corrected chi connectivity index (χ1v) is 7.24. The van der Waals surface area contributed by atoms with Gasteiger partial charge in [-0.25, -0.2) is 4.79 Å². The minimum Gasteiger partial charge on any atom is -0.335 e. The molecule has 0 bridgehead atoms. The van der Waals surface area contributed by atoms with Gasteiger partial charge in [-0.05, 0) is 38.5 Å². The Morgan fingerprint density at radius 1 is 1.06 bits per heavy atom. The summed E-state index contributed by atoms with van der Waals surface area (Å²) in [5.41, 5.74) is 0. The molecule has 0 aromatic heterocycles. The van der Waals surface area contributed by atoms with Crippen molar-refractivity contribution in [3.8, 4) is 0 Å². The number of rotatable bonds is 1. The Labute approximate surface area is 105 Å². The number of nitrogens with zero attached hydrogens (tertiary/aromatic N) is 1. The van der Waals surface area contributed by atoms with Crippen LogP contribution >= 0.6 is 0 Å². The minimum atomic E-state index is 0.177. The van der Waals surface area contributed by atoms with Crippen molar-refractivity contribution >= 4 is 6.03 Å². The lowest BCUT2D eigenvalue weighted by Gasteiger charge is -2.38. The SMILES string of the molecule is C[C@@H]1CC[C@H](C)N(C(=O)NC2CCCCC2)C1. The summed E-state index contributed by atoms with van der Waals surface area (Å²) in [7, 11) is 0. The summed E-state index contributed by atoms with van der Waals surface area (Å²) in [4.78, 5) is 14.3. The standard InChI is InChI=1S/C14H26N2O/c1-11-8-9-12(2)16(10-11)14(17)15-13-6-4-3-5-7-13/h11-13H,3-10H2,1-2H3,(H,15,17)/t11-,12+/m1/s1. The summed E-state index contributed by atoms with van der Waals surface area (Å²) in [6, 6.07) is 1.02. The predicted octanol–water partition coefficient (Wildman–Crippen LogP) is 3.15. The summed E-state index contributed by atoms with van der Waals surface area (Å²) >= 11 is 0. The van der Waals surface area contributed by atoms with Crippen molar-refractivity contribution in [1.82, 2.24) is 10.2 Å². The van der Waals surface area contributed by atoms with Crippen LogP contribution in [0.2, 0.25) is 0 Å². The maximum absolute atomic E-state index is 12.2. The van der Waals surface area contributed by atoms with Gasteiger partial charge in [0, 0.05) is 18.6 Å². The van der Waals surface area contributed by atoms with Crippen LogP contribution in [0.5, 0.6) is 0 Å². The lowest BCUT2D eigenvalue weighted by Crippen LogP contribution is -2.52. The number of urea groups is 1. The third-order valence-corrected chi connectivity index (χ3v) is 4.31. The van der Waals surface area contributed by atoms with Crippen LogP contribution in [0.4, 0.5) is 4.79 Å². The molecule has 17 heavy (non-hydrogen) atoms. The fourth-order valence-electron chi connectivity index (χ4n) is 3.08. The van der Waals surface area contributed by atoms with Crippen LogP contribution in [0.3, 0.4) is 0 Å². The summed E-state index contributed by atoms with van der Waals surface area (Å²) in [6.45, 7) is 5.35. The van der Waals surface area contributed by atoms with Crippen LogP contribution in [0, 0.1) is 5.92 Å². The quantitative estimate of drug-likeness (QED) is 0.748. The highest BCUT2D eigenvalue weighted by molar-refractivity contribution is 5.75. The summed E-state index contributed by atoms with van der Waals surface area (Å²) in [5.74, 6) is 0.656. The number of likely N-dealkylation sites (tertiary alicyclic amines) is 1. The van der Waals surface area contributed by atoms with E-state index in [9.17, 15) is 4.79 Å². The topological polar surface area (TPSA) is 32.3 Å². The molecule has 0 spiro atoms. The van der Waals surface area contributed by atoms with E-state index in [2.05, 4.69) is 19.2 Å². The normalized spacial score (nSPS) is 31.3. The third kappa shape index (κ3) is 3.36. The fourth-order valence-corrected chi connectivity index (χ4v) is 3.08. The molecule has 1 aliphatic heterocycles. The van der Waals surface area contributed by atoms with Gasteiger partial charge in [-0.15, -0.1) is 0 Å². The smallest absolute Gasteiger partial charge is 0.317 e. The first-order chi connectivity index (χ1) is 8.16. The molecule has 3 heteroatoms. The Bertz CT molecular complexity index is 261. The van der Waals surface area contributed by atoms with Gasteiger partial charge in [0.2, 0.25) is 0 Å². The highest BCUT2D eigenvalue weighted by atomic mass is 16.2. The number of piperidine rings is 1. The van der Waals surface area contributed by atoms with E-state index in [1.165, 1.54) is 38.5 Å². The van der Waals surface area contributed by atoms with Crippen molar-refractivity contribution in [2.75, 3.05) is 6.54 Å². The zero-order valence-electron chi connectivity index (χ0n) is 11.2. The summed E-state index contributed by atoms with van der Waals surface area (Å²) in [5, 5.41) is 3.23. The molecule has 1 saturated heterocycles. The van der Waals surface area contributed by atoms with E-state index >= 15 is 0 Å². The molecule has 2 atom stereocenters. The molecule has 2 fully saturated rings. The second kappa shape index (κ2) is 5.74. The van der Waals surface area contributed by atoms with Gasteiger partial charge in [0.05, 0.1) is 0 Å². The van der Waals surface area contributed by atoms with Gasteiger partial charge >= 0.3 is 6.03 Å². The highest BCUT2D eigenvalue weighted by Crippen LogP contribution is 2.22. The summed E-state index contributed by atoms with van der Waals surface area (Å²) < 4.78 is 0. The van der Waals surface area contributed by atoms with Crippen molar-refractivity contribution in [3.05, 3.63) is 0 Å². The van der Waals surface area contributed by atoms with Gasteiger partial charge in [-0.3, -0.25) is 0 Å². The second-order valence-corrected chi connectivity index (χ2v) is 5.97. The Hall–Kier alpha value is -0.730. The Morgan fingerprint density at radius 3 is 2.47 bits per heavy atom. The lowest BCUT2D eigenvalue weighted by molar-refractivity contribution is 0.132. The molecule has 1 heterocycles. The largest absolute Gasteiger partial charge is 0.335 e. The molecular weight excluding hydrogens is 212 g/mol. The van der Waals surface area contributed by atoms with Crippen LogP contribution in [0.15, 0.2) is 0 Å². The molecule has 98 valence electrons. The van der Waals surface area contributed by atoms with E-state index in [-0.39, 0.29) is 6.03 Å². The van der Waals surface area contributed by atoms with E-state index in [1.807, 2.05) is 4.90 Å². The molecule has 0 aromatic rings. The molecule has 2 amide bonds. The number of hydrogen-bond acceptors (Lipinski definition) is 1. The van der Waals surface area contributed by atoms with Gasteiger partial charge in [0.25, 0.3) is 0 Å². The van der Waals surface area contributed by atoms with Crippen LogP contribution in [-0.2, 0) is 0 Å². The van der Waals surface area contributed by atoms with Gasteiger partial charge in [-0.2, -0.15) is 0 Å². The van der Waals surface area contributed by atoms with E-state index in [0.717, 1.165) is 13.0 Å². The maximum Gasteiger partial charge on any atom is 0.317 e. The van der Waals surface area contributed by atoms with Gasteiger partial charge in [0.1, 0.15) is 0 Å². The molecule has 1 N–H and O–H groups in total. The predicted molar refractivity (Wildman–Crippen MR) is 70.0 cm³/mol. The first kappa shape index (κ1) is 12.7. The van der Waals surface area contributed by atoms with Gasteiger partial charge in [0.15, 0.2) is 0 Å². The molecule has 2 rings (SSSR count). The number of carbonyl (C=O) groups is 1. The van der Waals surface area contributed by atoms with E-state index in [1.54, 1.807) is 0 Å². The van der Waals surface area contributed by atoms with Gasteiger partial charge < -0.3 is 10.2 Å². The van der Waals surface area contributed by atoms with Crippen molar-refractivity contribution < 1.29 is 4.79 Å². The maximum atomic E-state index is 12.2. The summed E-state index contributed by atoms with van der Waals surface area (Å²) in [6.07, 6.45) is 8.64. The molecule has 1 saturated carbocycles. The number of carbonyl (C=O) groups excluding carboxylic acids is 1. The average molecular weight is 238 g/mol. The Morgan fingerprint density at radius 2 is 1.76 bits per heavy atom. The highest BCUT2D eigenvalue weighted by Gasteiger charge is 2.28. The van der Waals surface area contributed by atoms with E-state index in [4.69, 9.17) is 0 Å². The molecule has 0 unspecified atom stereocenters. The fraction of sp³-hybridized carbons (Fsp3) is 0.929. The zero-order valence-corrected chi connectivity index (χ0v) is 11.2. The van der Waals surface area contributed by atoms with Crippen molar-refractivity contribution in [2.24, 2.45) is 5.92 Å². The first-order valence-electron chi connectivity index (χ1n) is 7.24. The average Bonchev–Trinajstić information content (AvgIpc) is 2.33. The van der Waals surface area contributed by atoms with Gasteiger partial charge in [-0.1, -0.05) is 26.2 Å². The van der Waals surface area contributed by atoms with Crippen LogP contribution in [0.25, 0.3) is 0 Å². The molecule has 3 nitrogen and oxygen atoms in total. The third-order valence-electron chi connectivity index (χ3n) is 4.31. The Kier molecular flexibility index (Phi) is 4.30. The van der Waals surface area contributed by atoms with Crippen LogP contribution < -0.4 is 5.32 Å². The molecule has 0 radical (unpaired) electrons. The van der Waals surface area contributed by atoms with Crippen molar-refractivity contribution in [1.29, 1.82) is 0 Å². The number of amides is 2. The van der Waals surface area contributed by atoms with Crippen molar-refractivity contribution in [3.63, 3.8) is 0 Å². The lowest BCUT2D eigenvalue weighted by atomic mass is 9.94. The van der Waals surface area contributed by atoms with Crippen LogP contribution in [0.1, 0.15) is 58.8 Å². The molecule has 0 aromatic carbocycles. The van der Waals surface area contributed by atoms with E-state index < -0.39 is 0 Å². The minimum absolute atomic E-state index is 0.177. The van der Waals surface area contributed by atoms with Crippen LogP contribution in [-0.4, -0.2) is 29.6 Å².